The van der Waals surface area contributed by atoms with Gasteiger partial charge in [0, 0.05) is 18.5 Å². The van der Waals surface area contributed by atoms with Crippen LogP contribution in [0, 0.1) is 6.92 Å². The summed E-state index contributed by atoms with van der Waals surface area (Å²) in [6.07, 6.45) is 0. The molecule has 0 atom stereocenters. The molecule has 0 spiro atoms. The standard InChI is InChI=1S/C18H19N3O3S/c1-12-7-8-15(25-12)18(23)21(9-10-24-2)11-16-19-14-6-4-3-5-13(14)17(22)20-16/h3-8H,9-11H2,1-2H3,(H,19,20,22). The maximum Gasteiger partial charge on any atom is 0.264 e. The molecule has 0 aliphatic rings. The second-order valence-electron chi connectivity index (χ2n) is 5.66. The summed E-state index contributed by atoms with van der Waals surface area (Å²) in [5, 5.41) is 0.537. The van der Waals surface area contributed by atoms with E-state index >= 15 is 0 Å². The number of hydrogen-bond donors (Lipinski definition) is 1. The highest BCUT2D eigenvalue weighted by Crippen LogP contribution is 2.18. The van der Waals surface area contributed by atoms with Crippen LogP contribution in [0.25, 0.3) is 10.9 Å². The summed E-state index contributed by atoms with van der Waals surface area (Å²) in [7, 11) is 1.59. The number of carbonyl (C=O) groups excluding carboxylic acids is 1. The Morgan fingerprint density at radius 3 is 2.80 bits per heavy atom. The molecule has 2 aromatic heterocycles. The first-order valence-corrected chi connectivity index (χ1v) is 8.72. The molecule has 3 aromatic rings. The van der Waals surface area contributed by atoms with Crippen LogP contribution in [-0.2, 0) is 11.3 Å². The number of methoxy groups -OCH3 is 1. The number of ether oxygens (including phenoxy) is 1. The predicted octanol–water partition coefficient (Wildman–Crippen LogP) is 2.58. The van der Waals surface area contributed by atoms with Crippen molar-refractivity contribution in [2.45, 2.75) is 13.5 Å². The lowest BCUT2D eigenvalue weighted by Gasteiger charge is -2.21. The van der Waals surface area contributed by atoms with E-state index in [-0.39, 0.29) is 18.0 Å². The second-order valence-corrected chi connectivity index (χ2v) is 6.95. The molecule has 0 aliphatic heterocycles. The Balaban J connectivity index is 1.89. The Bertz CT molecular complexity index is 948. The van der Waals surface area contributed by atoms with Crippen LogP contribution in [0.5, 0.6) is 0 Å². The Kier molecular flexibility index (Phi) is 5.25. The van der Waals surface area contributed by atoms with E-state index in [9.17, 15) is 9.59 Å². The van der Waals surface area contributed by atoms with Gasteiger partial charge in [0.05, 0.1) is 28.9 Å². The van der Waals surface area contributed by atoms with Crippen molar-refractivity contribution in [3.8, 4) is 0 Å². The van der Waals surface area contributed by atoms with Crippen LogP contribution in [0.15, 0.2) is 41.2 Å². The van der Waals surface area contributed by atoms with Crippen LogP contribution in [0.4, 0.5) is 0 Å². The molecule has 0 aliphatic carbocycles. The lowest BCUT2D eigenvalue weighted by atomic mass is 10.2. The number of hydrogen-bond acceptors (Lipinski definition) is 5. The van der Waals surface area contributed by atoms with E-state index < -0.39 is 0 Å². The van der Waals surface area contributed by atoms with E-state index in [2.05, 4.69) is 9.97 Å². The SMILES string of the molecule is COCCN(Cc1nc2ccccc2c(=O)[nH]1)C(=O)c1ccc(C)s1. The van der Waals surface area contributed by atoms with Crippen molar-refractivity contribution >= 4 is 28.1 Å². The second kappa shape index (κ2) is 7.58. The summed E-state index contributed by atoms with van der Waals surface area (Å²) in [5.41, 5.74) is 0.416. The number of rotatable bonds is 6. The van der Waals surface area contributed by atoms with Crippen LogP contribution in [0.2, 0.25) is 0 Å². The molecule has 0 radical (unpaired) electrons. The van der Waals surface area contributed by atoms with Crippen LogP contribution in [-0.4, -0.2) is 41.0 Å². The first-order valence-electron chi connectivity index (χ1n) is 7.91. The van der Waals surface area contributed by atoms with Gasteiger partial charge in [0.15, 0.2) is 0 Å². The number of thiophene rings is 1. The first kappa shape index (κ1) is 17.3. The molecule has 6 nitrogen and oxygen atoms in total. The molecule has 1 aromatic carbocycles. The van der Waals surface area contributed by atoms with Crippen molar-refractivity contribution in [2.75, 3.05) is 20.3 Å². The molecule has 0 bridgehead atoms. The molecule has 25 heavy (non-hydrogen) atoms. The monoisotopic (exact) mass is 357 g/mol. The third-order valence-electron chi connectivity index (χ3n) is 3.81. The van der Waals surface area contributed by atoms with E-state index in [1.165, 1.54) is 11.3 Å². The fraction of sp³-hybridized carbons (Fsp3) is 0.278. The number of aryl methyl sites for hydroxylation is 1. The molecule has 130 valence electrons. The summed E-state index contributed by atoms with van der Waals surface area (Å²) in [6, 6.07) is 10.9. The molecular formula is C18H19N3O3S. The van der Waals surface area contributed by atoms with Gasteiger partial charge in [-0.15, -0.1) is 11.3 Å². The van der Waals surface area contributed by atoms with E-state index in [1.807, 2.05) is 25.1 Å². The van der Waals surface area contributed by atoms with Gasteiger partial charge in [0.1, 0.15) is 5.82 Å². The van der Waals surface area contributed by atoms with Gasteiger partial charge in [0.2, 0.25) is 0 Å². The van der Waals surface area contributed by atoms with Crippen LogP contribution >= 0.6 is 11.3 Å². The van der Waals surface area contributed by atoms with Gasteiger partial charge in [-0.05, 0) is 31.2 Å². The van der Waals surface area contributed by atoms with Crippen molar-refractivity contribution in [3.05, 3.63) is 62.3 Å². The third-order valence-corrected chi connectivity index (χ3v) is 4.79. The highest BCUT2D eigenvalue weighted by atomic mass is 32.1. The zero-order valence-electron chi connectivity index (χ0n) is 14.1. The minimum Gasteiger partial charge on any atom is -0.383 e. The minimum absolute atomic E-state index is 0.0917. The molecule has 2 heterocycles. The predicted molar refractivity (Wildman–Crippen MR) is 98.0 cm³/mol. The largest absolute Gasteiger partial charge is 0.383 e. The average molecular weight is 357 g/mol. The Morgan fingerprint density at radius 2 is 2.08 bits per heavy atom. The third kappa shape index (κ3) is 3.94. The van der Waals surface area contributed by atoms with Crippen molar-refractivity contribution in [1.82, 2.24) is 14.9 Å². The Labute approximate surface area is 149 Å². The summed E-state index contributed by atoms with van der Waals surface area (Å²) >= 11 is 1.45. The van der Waals surface area contributed by atoms with E-state index in [1.54, 1.807) is 30.2 Å². The first-order chi connectivity index (χ1) is 12.1. The Morgan fingerprint density at radius 1 is 1.28 bits per heavy atom. The van der Waals surface area contributed by atoms with Crippen molar-refractivity contribution < 1.29 is 9.53 Å². The lowest BCUT2D eigenvalue weighted by Crippen LogP contribution is -2.34. The number of aromatic nitrogens is 2. The summed E-state index contributed by atoms with van der Waals surface area (Å²) < 4.78 is 5.11. The van der Waals surface area contributed by atoms with Gasteiger partial charge in [0.25, 0.3) is 11.5 Å². The van der Waals surface area contributed by atoms with Crippen molar-refractivity contribution in [2.24, 2.45) is 0 Å². The molecule has 0 saturated carbocycles. The van der Waals surface area contributed by atoms with Gasteiger partial charge in [-0.25, -0.2) is 4.98 Å². The highest BCUT2D eigenvalue weighted by Gasteiger charge is 2.19. The minimum atomic E-state index is -0.202. The molecule has 1 N–H and O–H groups in total. The van der Waals surface area contributed by atoms with E-state index in [0.29, 0.717) is 34.8 Å². The smallest absolute Gasteiger partial charge is 0.264 e. The Hall–Kier alpha value is -2.51. The molecule has 0 saturated heterocycles. The number of aromatic amines is 1. The molecule has 7 heteroatoms. The number of benzene rings is 1. The molecule has 0 unspecified atom stereocenters. The average Bonchev–Trinajstić information content (AvgIpc) is 3.04. The maximum absolute atomic E-state index is 12.8. The summed E-state index contributed by atoms with van der Waals surface area (Å²) in [5.74, 6) is 0.368. The number of nitrogens with one attached hydrogen (secondary N) is 1. The highest BCUT2D eigenvalue weighted by molar-refractivity contribution is 7.13. The molecule has 1 amide bonds. The van der Waals surface area contributed by atoms with E-state index in [0.717, 1.165) is 4.88 Å². The van der Waals surface area contributed by atoms with Crippen molar-refractivity contribution in [3.63, 3.8) is 0 Å². The number of carbonyl (C=O) groups is 1. The lowest BCUT2D eigenvalue weighted by molar-refractivity contribution is 0.0680. The van der Waals surface area contributed by atoms with Crippen LogP contribution in [0.3, 0.4) is 0 Å². The fourth-order valence-electron chi connectivity index (χ4n) is 2.55. The zero-order valence-corrected chi connectivity index (χ0v) is 14.9. The van der Waals surface area contributed by atoms with Gasteiger partial charge in [-0.3, -0.25) is 9.59 Å². The number of para-hydroxylation sites is 1. The summed E-state index contributed by atoms with van der Waals surface area (Å²) in [4.78, 5) is 35.6. The quantitative estimate of drug-likeness (QED) is 0.736. The van der Waals surface area contributed by atoms with E-state index in [4.69, 9.17) is 4.74 Å². The van der Waals surface area contributed by atoms with Gasteiger partial charge in [-0.1, -0.05) is 12.1 Å². The van der Waals surface area contributed by atoms with Gasteiger partial charge >= 0.3 is 0 Å². The van der Waals surface area contributed by atoms with Crippen molar-refractivity contribution in [1.29, 1.82) is 0 Å². The number of fused-ring (bicyclic) bond motifs is 1. The van der Waals surface area contributed by atoms with Gasteiger partial charge in [-0.2, -0.15) is 0 Å². The summed E-state index contributed by atoms with van der Waals surface area (Å²) in [6.45, 7) is 3.01. The normalized spacial score (nSPS) is 11.0. The topological polar surface area (TPSA) is 75.3 Å². The number of nitrogens with zero attached hydrogens (tertiary/aromatic N) is 2. The fourth-order valence-corrected chi connectivity index (χ4v) is 3.39. The molecule has 3 rings (SSSR count). The maximum atomic E-state index is 12.8. The van der Waals surface area contributed by atoms with Gasteiger partial charge < -0.3 is 14.6 Å². The van der Waals surface area contributed by atoms with Crippen LogP contribution in [0.1, 0.15) is 20.4 Å². The number of H-pyrrole nitrogens is 1. The molecular weight excluding hydrogens is 338 g/mol. The zero-order chi connectivity index (χ0) is 17.8. The number of amides is 1. The molecule has 0 fully saturated rings. The van der Waals surface area contributed by atoms with Crippen LogP contribution < -0.4 is 5.56 Å².